The number of rotatable bonds is 3. The van der Waals surface area contributed by atoms with Crippen molar-refractivity contribution in [2.75, 3.05) is 31.1 Å². The van der Waals surface area contributed by atoms with E-state index in [1.165, 1.54) is 43.6 Å². The zero-order valence-corrected chi connectivity index (χ0v) is 17.4. The van der Waals surface area contributed by atoms with Crippen LogP contribution in [0.5, 0.6) is 0 Å². The Hall–Kier alpha value is -1.76. The van der Waals surface area contributed by atoms with E-state index < -0.39 is 0 Å². The fourth-order valence-corrected chi connectivity index (χ4v) is 5.52. The maximum atomic E-state index is 6.03. The Kier molecular flexibility index (Phi) is 5.18. The number of hydrogen-bond acceptors (Lipinski definition) is 6. The van der Waals surface area contributed by atoms with Gasteiger partial charge in [0.25, 0.3) is 0 Å². The third-order valence-corrected chi connectivity index (χ3v) is 7.14. The van der Waals surface area contributed by atoms with Gasteiger partial charge in [-0.2, -0.15) is 4.37 Å². The van der Waals surface area contributed by atoms with E-state index in [0.29, 0.717) is 0 Å². The zero-order valence-electron chi connectivity index (χ0n) is 15.9. The molecule has 0 radical (unpaired) electrons. The molecule has 146 valence electrons. The quantitative estimate of drug-likeness (QED) is 0.613. The van der Waals surface area contributed by atoms with Crippen LogP contribution in [0.15, 0.2) is 30.6 Å². The summed E-state index contributed by atoms with van der Waals surface area (Å²) >= 11 is 7.53. The number of aromatic nitrogens is 3. The van der Waals surface area contributed by atoms with Crippen LogP contribution < -0.4 is 4.90 Å². The Morgan fingerprint density at radius 1 is 0.929 bits per heavy atom. The van der Waals surface area contributed by atoms with E-state index in [-0.39, 0.29) is 0 Å². The molecule has 0 unspecified atom stereocenters. The number of piperazine rings is 1. The van der Waals surface area contributed by atoms with Crippen LogP contribution >= 0.6 is 23.1 Å². The molecule has 5 nitrogen and oxygen atoms in total. The minimum absolute atomic E-state index is 0.731. The Morgan fingerprint density at radius 3 is 2.43 bits per heavy atom. The van der Waals surface area contributed by atoms with Gasteiger partial charge in [-0.3, -0.25) is 4.90 Å². The molecule has 1 aliphatic carbocycles. The van der Waals surface area contributed by atoms with Gasteiger partial charge in [-0.15, -0.1) is 0 Å². The van der Waals surface area contributed by atoms with Crippen molar-refractivity contribution in [3.63, 3.8) is 0 Å². The second-order valence-corrected chi connectivity index (χ2v) is 8.94. The summed E-state index contributed by atoms with van der Waals surface area (Å²) in [7, 11) is 0. The van der Waals surface area contributed by atoms with Crippen LogP contribution in [0.3, 0.4) is 0 Å². The molecule has 3 aromatic rings. The molecule has 28 heavy (non-hydrogen) atoms. The minimum atomic E-state index is 0.731. The molecule has 1 saturated heterocycles. The summed E-state index contributed by atoms with van der Waals surface area (Å²) in [6.07, 6.45) is 8.63. The van der Waals surface area contributed by atoms with Gasteiger partial charge in [0.05, 0.1) is 0 Å². The van der Waals surface area contributed by atoms with Crippen molar-refractivity contribution < 1.29 is 0 Å². The summed E-state index contributed by atoms with van der Waals surface area (Å²) in [5, 5.41) is 0.731. The first kappa shape index (κ1) is 18.3. The molecule has 7 heteroatoms. The second kappa shape index (κ2) is 7.93. The van der Waals surface area contributed by atoms with Crippen molar-refractivity contribution in [3.05, 3.63) is 35.6 Å². The van der Waals surface area contributed by atoms with Crippen molar-refractivity contribution in [2.45, 2.75) is 38.1 Å². The Labute approximate surface area is 174 Å². The van der Waals surface area contributed by atoms with E-state index in [2.05, 4.69) is 19.8 Å². The van der Waals surface area contributed by atoms with Crippen LogP contribution in [0.4, 0.5) is 5.82 Å². The highest BCUT2D eigenvalue weighted by Gasteiger charge is 2.27. The summed E-state index contributed by atoms with van der Waals surface area (Å²) in [6.45, 7) is 4.30. The van der Waals surface area contributed by atoms with E-state index in [1.807, 2.05) is 24.3 Å². The molecule has 1 aliphatic heterocycles. The molecule has 0 spiro atoms. The van der Waals surface area contributed by atoms with Crippen molar-refractivity contribution in [1.82, 2.24) is 19.2 Å². The largest absolute Gasteiger partial charge is 0.353 e. The van der Waals surface area contributed by atoms with Gasteiger partial charge in [-0.05, 0) is 36.5 Å². The van der Waals surface area contributed by atoms with Crippen molar-refractivity contribution in [1.29, 1.82) is 0 Å². The maximum absolute atomic E-state index is 6.03. The van der Waals surface area contributed by atoms with Gasteiger partial charge in [0, 0.05) is 42.8 Å². The van der Waals surface area contributed by atoms with Gasteiger partial charge >= 0.3 is 0 Å². The zero-order chi connectivity index (χ0) is 18.9. The van der Waals surface area contributed by atoms with Gasteiger partial charge in [0.1, 0.15) is 22.2 Å². The monoisotopic (exact) mass is 413 g/mol. The van der Waals surface area contributed by atoms with Crippen LogP contribution in [0.1, 0.15) is 32.1 Å². The normalized spacial score (nSPS) is 19.4. The third kappa shape index (κ3) is 3.49. The molecular weight excluding hydrogens is 390 g/mol. The maximum Gasteiger partial charge on any atom is 0.151 e. The summed E-state index contributed by atoms with van der Waals surface area (Å²) in [5.41, 5.74) is 2.90. The topological polar surface area (TPSA) is 45.2 Å². The first-order chi connectivity index (χ1) is 13.8. The van der Waals surface area contributed by atoms with Crippen LogP contribution in [0, 0.1) is 0 Å². The third-order valence-electron chi connectivity index (χ3n) is 6.06. The van der Waals surface area contributed by atoms with Gasteiger partial charge < -0.3 is 4.90 Å². The van der Waals surface area contributed by atoms with E-state index in [1.54, 1.807) is 6.33 Å². The predicted molar refractivity (Wildman–Crippen MR) is 116 cm³/mol. The van der Waals surface area contributed by atoms with Crippen LogP contribution in [0.2, 0.25) is 5.02 Å². The summed E-state index contributed by atoms with van der Waals surface area (Å²) in [6, 6.07) is 8.59. The van der Waals surface area contributed by atoms with Gasteiger partial charge in [-0.1, -0.05) is 43.0 Å². The number of halogens is 1. The average Bonchev–Trinajstić information content (AvgIpc) is 3.19. The summed E-state index contributed by atoms with van der Waals surface area (Å²) in [5.74, 6) is 1.03. The first-order valence-corrected chi connectivity index (χ1v) is 11.3. The average molecular weight is 414 g/mol. The van der Waals surface area contributed by atoms with E-state index in [9.17, 15) is 0 Å². The fourth-order valence-electron chi connectivity index (χ4n) is 4.52. The highest BCUT2D eigenvalue weighted by Crippen LogP contribution is 2.35. The number of anilines is 1. The molecule has 0 amide bonds. The van der Waals surface area contributed by atoms with Crippen LogP contribution in [0.25, 0.3) is 21.5 Å². The highest BCUT2D eigenvalue weighted by molar-refractivity contribution is 7.14. The molecular formula is C21H24ClN5S. The lowest BCUT2D eigenvalue weighted by atomic mass is 9.94. The molecule has 2 aromatic heterocycles. The van der Waals surface area contributed by atoms with E-state index in [4.69, 9.17) is 16.0 Å². The van der Waals surface area contributed by atoms with Crippen LogP contribution in [-0.2, 0) is 0 Å². The lowest BCUT2D eigenvalue weighted by Crippen LogP contribution is -2.51. The Morgan fingerprint density at radius 2 is 1.68 bits per heavy atom. The lowest BCUT2D eigenvalue weighted by molar-refractivity contribution is 0.148. The number of benzene rings is 1. The van der Waals surface area contributed by atoms with E-state index in [0.717, 1.165) is 64.5 Å². The summed E-state index contributed by atoms with van der Waals surface area (Å²) in [4.78, 5) is 14.3. The van der Waals surface area contributed by atoms with Gasteiger partial charge in [0.15, 0.2) is 5.82 Å². The first-order valence-electron chi connectivity index (χ1n) is 10.1. The van der Waals surface area contributed by atoms with Crippen LogP contribution in [-0.4, -0.2) is 51.5 Å². The molecule has 5 rings (SSSR count). The van der Waals surface area contributed by atoms with E-state index >= 15 is 0 Å². The predicted octanol–water partition coefficient (Wildman–Crippen LogP) is 4.86. The van der Waals surface area contributed by atoms with Crippen molar-refractivity contribution >= 4 is 39.2 Å². The molecule has 3 heterocycles. The van der Waals surface area contributed by atoms with Gasteiger partial charge in [0.2, 0.25) is 0 Å². The number of fused-ring (bicyclic) bond motifs is 1. The summed E-state index contributed by atoms with van der Waals surface area (Å²) < 4.78 is 5.78. The molecule has 1 aromatic carbocycles. The molecule has 2 fully saturated rings. The standard InChI is InChI=1S/C21H24ClN5S/c22-16-8-6-15(7-9-16)18-19-20(28-25-18)21(24-14-23-19)27-12-10-26(11-13-27)17-4-2-1-3-5-17/h6-9,14,17H,1-5,10-13H2. The Balaban J connectivity index is 1.37. The molecule has 2 aliphatic rings. The highest BCUT2D eigenvalue weighted by atomic mass is 35.5. The second-order valence-electron chi connectivity index (χ2n) is 7.73. The SMILES string of the molecule is Clc1ccc(-c2nsc3c(N4CCN(C5CCCCC5)CC4)ncnc23)cc1. The minimum Gasteiger partial charge on any atom is -0.353 e. The molecule has 1 saturated carbocycles. The smallest absolute Gasteiger partial charge is 0.151 e. The lowest BCUT2D eigenvalue weighted by Gasteiger charge is -2.41. The molecule has 0 atom stereocenters. The molecule has 0 bridgehead atoms. The molecule has 0 N–H and O–H groups in total. The van der Waals surface area contributed by atoms with Crippen molar-refractivity contribution in [2.24, 2.45) is 0 Å². The fraction of sp³-hybridized carbons (Fsp3) is 0.476. The Bertz CT molecular complexity index is 943. The van der Waals surface area contributed by atoms with Crippen molar-refractivity contribution in [3.8, 4) is 11.3 Å². The number of hydrogen-bond donors (Lipinski definition) is 0. The van der Waals surface area contributed by atoms with Gasteiger partial charge in [-0.25, -0.2) is 9.97 Å². The number of nitrogens with zero attached hydrogens (tertiary/aromatic N) is 5.